The molecule has 7 heteroatoms. The monoisotopic (exact) mass is 353 g/mol. The molecule has 134 valence electrons. The zero-order chi connectivity index (χ0) is 18.7. The highest BCUT2D eigenvalue weighted by Gasteiger charge is 2.43. The van der Waals surface area contributed by atoms with Crippen LogP contribution in [0.4, 0.5) is 5.69 Å². The molecule has 0 bridgehead atoms. The number of anilines is 1. The minimum atomic E-state index is -0.806. The molecule has 2 aromatic rings. The highest BCUT2D eigenvalue weighted by atomic mass is 16.3. The third-order valence-corrected chi connectivity index (χ3v) is 4.37. The molecule has 7 nitrogen and oxygen atoms in total. The number of hydrogen-bond acceptors (Lipinski definition) is 5. The molecule has 0 unspecified atom stereocenters. The zero-order valence-corrected chi connectivity index (χ0v) is 14.2. The van der Waals surface area contributed by atoms with Gasteiger partial charge in [-0.2, -0.15) is 0 Å². The number of benzene rings is 1. The number of aromatic nitrogens is 1. The lowest BCUT2D eigenvalue weighted by atomic mass is 9.82. The molecule has 3 N–H and O–H groups in total. The first-order valence-electron chi connectivity index (χ1n) is 8.29. The first kappa shape index (κ1) is 17.8. The number of aliphatic hydroxyl groups is 1. The Morgan fingerprint density at radius 1 is 1.23 bits per heavy atom. The Kier molecular flexibility index (Phi) is 5.09. The summed E-state index contributed by atoms with van der Waals surface area (Å²) in [7, 11) is 0. The second-order valence-corrected chi connectivity index (χ2v) is 6.28. The normalized spacial score (nSPS) is 19.8. The first-order chi connectivity index (χ1) is 12.5. The number of rotatable bonds is 6. The van der Waals surface area contributed by atoms with E-state index in [9.17, 15) is 19.5 Å². The van der Waals surface area contributed by atoms with E-state index in [0.717, 1.165) is 0 Å². The van der Waals surface area contributed by atoms with Crippen molar-refractivity contribution in [1.82, 2.24) is 10.3 Å². The summed E-state index contributed by atoms with van der Waals surface area (Å²) in [5.41, 5.74) is 1.36. The Labute approximate surface area is 150 Å². The molecule has 1 aromatic carbocycles. The van der Waals surface area contributed by atoms with Gasteiger partial charge in [0.05, 0.1) is 18.1 Å². The van der Waals surface area contributed by atoms with Gasteiger partial charge in [0.1, 0.15) is 0 Å². The summed E-state index contributed by atoms with van der Waals surface area (Å²) in [6.45, 7) is 1.53. The molecule has 1 saturated heterocycles. The molecule has 26 heavy (non-hydrogen) atoms. The Bertz CT molecular complexity index is 836. The van der Waals surface area contributed by atoms with Crippen molar-refractivity contribution in [3.05, 3.63) is 59.9 Å². The molecule has 0 aliphatic carbocycles. The van der Waals surface area contributed by atoms with E-state index in [1.807, 2.05) is 0 Å². The van der Waals surface area contributed by atoms with Gasteiger partial charge in [-0.25, -0.2) is 0 Å². The van der Waals surface area contributed by atoms with Gasteiger partial charge in [0.25, 0.3) is 5.91 Å². The molecular formula is C19H19N3O4. The lowest BCUT2D eigenvalue weighted by Gasteiger charge is -2.38. The van der Waals surface area contributed by atoms with Crippen LogP contribution >= 0.6 is 0 Å². The number of ketones is 1. The van der Waals surface area contributed by atoms with Crippen LogP contribution < -0.4 is 10.6 Å². The van der Waals surface area contributed by atoms with Crippen LogP contribution in [0.15, 0.2) is 48.8 Å². The van der Waals surface area contributed by atoms with E-state index in [4.69, 9.17) is 0 Å². The molecule has 1 aliphatic heterocycles. The maximum atomic E-state index is 12.5. The maximum absolute atomic E-state index is 12.5. The van der Waals surface area contributed by atoms with Crippen molar-refractivity contribution in [1.29, 1.82) is 0 Å². The second-order valence-electron chi connectivity index (χ2n) is 6.28. The Balaban J connectivity index is 1.68. The minimum absolute atomic E-state index is 0.0801. The van der Waals surface area contributed by atoms with Gasteiger partial charge in [0.15, 0.2) is 5.78 Å². The fourth-order valence-electron chi connectivity index (χ4n) is 2.98. The van der Waals surface area contributed by atoms with E-state index in [-0.39, 0.29) is 30.1 Å². The molecule has 2 heterocycles. The van der Waals surface area contributed by atoms with Crippen LogP contribution in [0, 0.1) is 5.92 Å². The van der Waals surface area contributed by atoms with Crippen LogP contribution in [0.25, 0.3) is 0 Å². The van der Waals surface area contributed by atoms with Gasteiger partial charge in [-0.1, -0.05) is 12.1 Å². The largest absolute Gasteiger partial charge is 0.393 e. The fourth-order valence-corrected chi connectivity index (χ4v) is 2.98. The van der Waals surface area contributed by atoms with Crippen LogP contribution in [0.5, 0.6) is 0 Å². The number of carbonyl (C=O) groups excluding carboxylic acids is 3. The third kappa shape index (κ3) is 3.78. The molecule has 3 atom stereocenters. The van der Waals surface area contributed by atoms with Gasteiger partial charge in [0, 0.05) is 35.6 Å². The van der Waals surface area contributed by atoms with E-state index in [2.05, 4.69) is 15.6 Å². The Morgan fingerprint density at radius 3 is 2.58 bits per heavy atom. The molecule has 0 radical (unpaired) electrons. The number of aliphatic hydroxyl groups excluding tert-OH is 1. The van der Waals surface area contributed by atoms with Gasteiger partial charge in [-0.05, 0) is 31.2 Å². The number of carbonyl (C=O) groups is 3. The van der Waals surface area contributed by atoms with E-state index >= 15 is 0 Å². The number of amides is 2. The summed E-state index contributed by atoms with van der Waals surface area (Å²) in [5.74, 6) is -1.34. The molecule has 2 amide bonds. The number of Topliss-reactive ketones (excluding diaryl/α,β-unsaturated/α-hetero) is 1. The molecule has 0 spiro atoms. The van der Waals surface area contributed by atoms with Gasteiger partial charge in [0.2, 0.25) is 5.91 Å². The number of hydrogen-bond donors (Lipinski definition) is 3. The van der Waals surface area contributed by atoms with Crippen LogP contribution in [-0.4, -0.2) is 39.8 Å². The Hall–Kier alpha value is -3.06. The van der Waals surface area contributed by atoms with E-state index in [1.54, 1.807) is 42.7 Å². The molecule has 1 aromatic heterocycles. The second kappa shape index (κ2) is 7.45. The first-order valence-corrected chi connectivity index (χ1v) is 8.29. The fraction of sp³-hybridized carbons (Fsp3) is 0.263. The predicted molar refractivity (Wildman–Crippen MR) is 94.7 cm³/mol. The quantitative estimate of drug-likeness (QED) is 0.537. The van der Waals surface area contributed by atoms with Gasteiger partial charge >= 0.3 is 0 Å². The number of nitrogens with zero attached hydrogens (tertiary/aromatic N) is 1. The summed E-state index contributed by atoms with van der Waals surface area (Å²) in [5, 5.41) is 15.0. The van der Waals surface area contributed by atoms with Crippen molar-refractivity contribution in [2.24, 2.45) is 5.92 Å². The number of pyridine rings is 1. The maximum Gasteiger partial charge on any atom is 0.255 e. The summed E-state index contributed by atoms with van der Waals surface area (Å²) in [4.78, 5) is 40.2. The number of nitrogens with one attached hydrogen (secondary N) is 2. The lowest BCUT2D eigenvalue weighted by Crippen LogP contribution is -2.62. The summed E-state index contributed by atoms with van der Waals surface area (Å²) >= 11 is 0. The van der Waals surface area contributed by atoms with E-state index in [1.165, 1.54) is 13.0 Å². The van der Waals surface area contributed by atoms with Crippen molar-refractivity contribution in [3.8, 4) is 0 Å². The molecule has 1 fully saturated rings. The SMILES string of the molecule is C[C@@H](O)[C@H]1C(=O)N[C@@H]1CC(=O)c1cccc(C(=O)Nc2ccncc2)c1. The standard InChI is InChI=1S/C19H19N3O4/c1-11(23)17-15(22-19(17)26)10-16(24)12-3-2-4-13(9-12)18(25)21-14-5-7-20-8-6-14/h2-9,11,15,17,23H,10H2,1H3,(H,22,26)(H,20,21,25)/t11-,15-,17-/m1/s1. The molecule has 3 rings (SSSR count). The molecule has 1 aliphatic rings. The minimum Gasteiger partial charge on any atom is -0.393 e. The highest BCUT2D eigenvalue weighted by Crippen LogP contribution is 2.23. The van der Waals surface area contributed by atoms with Gasteiger partial charge in [-0.15, -0.1) is 0 Å². The van der Waals surface area contributed by atoms with Crippen LogP contribution in [0.1, 0.15) is 34.1 Å². The molecule has 0 saturated carbocycles. The average molecular weight is 353 g/mol. The van der Waals surface area contributed by atoms with Crippen LogP contribution in [0.2, 0.25) is 0 Å². The predicted octanol–water partition coefficient (Wildman–Crippen LogP) is 1.40. The van der Waals surface area contributed by atoms with Crippen LogP contribution in [-0.2, 0) is 4.79 Å². The van der Waals surface area contributed by atoms with Crippen molar-refractivity contribution in [2.75, 3.05) is 5.32 Å². The summed E-state index contributed by atoms with van der Waals surface area (Å²) < 4.78 is 0. The van der Waals surface area contributed by atoms with E-state index in [0.29, 0.717) is 16.8 Å². The van der Waals surface area contributed by atoms with Crippen molar-refractivity contribution in [3.63, 3.8) is 0 Å². The van der Waals surface area contributed by atoms with Crippen molar-refractivity contribution >= 4 is 23.3 Å². The average Bonchev–Trinajstić information content (AvgIpc) is 2.61. The van der Waals surface area contributed by atoms with Crippen molar-refractivity contribution in [2.45, 2.75) is 25.5 Å². The zero-order valence-electron chi connectivity index (χ0n) is 14.2. The van der Waals surface area contributed by atoms with Gasteiger partial charge < -0.3 is 15.7 Å². The third-order valence-electron chi connectivity index (χ3n) is 4.37. The lowest BCUT2D eigenvalue weighted by molar-refractivity contribution is -0.140. The Morgan fingerprint density at radius 2 is 1.92 bits per heavy atom. The summed E-state index contributed by atoms with van der Waals surface area (Å²) in [6, 6.07) is 9.37. The van der Waals surface area contributed by atoms with E-state index < -0.39 is 12.0 Å². The van der Waals surface area contributed by atoms with Crippen LogP contribution in [0.3, 0.4) is 0 Å². The molecular weight excluding hydrogens is 334 g/mol. The summed E-state index contributed by atoms with van der Waals surface area (Å²) in [6.07, 6.45) is 2.41. The highest BCUT2D eigenvalue weighted by molar-refractivity contribution is 6.06. The number of β-lactam (4-membered cyclic amide) rings is 1. The van der Waals surface area contributed by atoms with Crippen molar-refractivity contribution < 1.29 is 19.5 Å². The van der Waals surface area contributed by atoms with Gasteiger partial charge in [-0.3, -0.25) is 19.4 Å². The smallest absolute Gasteiger partial charge is 0.255 e. The topological polar surface area (TPSA) is 108 Å².